The van der Waals surface area contributed by atoms with E-state index in [2.05, 4.69) is 25.7 Å². The molecule has 0 radical (unpaired) electrons. The van der Waals surface area contributed by atoms with Gasteiger partial charge >= 0.3 is 0 Å². The average Bonchev–Trinajstić information content (AvgIpc) is 2.38. The van der Waals surface area contributed by atoms with E-state index in [1.54, 1.807) is 24.3 Å². The molecule has 0 heterocycles. The van der Waals surface area contributed by atoms with Crippen molar-refractivity contribution in [1.29, 1.82) is 0 Å². The number of unbranched alkanes of at least 4 members (excludes halogenated alkanes) is 2. The van der Waals surface area contributed by atoms with Crippen molar-refractivity contribution in [2.75, 3.05) is 13.1 Å². The summed E-state index contributed by atoms with van der Waals surface area (Å²) in [6.07, 6.45) is 3.53. The molecule has 0 amide bonds. The second kappa shape index (κ2) is 7.95. The Labute approximate surface area is 116 Å². The predicted molar refractivity (Wildman–Crippen MR) is 78.7 cm³/mol. The number of phenolic OH excluding ortho intramolecular Hbond substituents is 1. The number of carbonyl (C=O) groups excluding carboxylic acids is 1. The first-order valence-electron chi connectivity index (χ1n) is 7.11. The van der Waals surface area contributed by atoms with Gasteiger partial charge in [-0.1, -0.05) is 19.8 Å². The third-order valence-corrected chi connectivity index (χ3v) is 3.32. The summed E-state index contributed by atoms with van der Waals surface area (Å²) >= 11 is 0. The Kier molecular flexibility index (Phi) is 6.57. The summed E-state index contributed by atoms with van der Waals surface area (Å²) in [4.78, 5) is 14.4. The summed E-state index contributed by atoms with van der Waals surface area (Å²) in [6.45, 7) is 7.84. The molecule has 0 unspecified atom stereocenters. The number of phenols is 1. The monoisotopic (exact) mass is 263 g/mol. The van der Waals surface area contributed by atoms with Gasteiger partial charge in [-0.25, -0.2) is 0 Å². The summed E-state index contributed by atoms with van der Waals surface area (Å²) in [5.74, 6) is 0.311. The quantitative estimate of drug-likeness (QED) is 0.576. The van der Waals surface area contributed by atoms with Crippen LogP contribution in [-0.2, 0) is 0 Å². The molecule has 0 aliphatic carbocycles. The van der Waals surface area contributed by atoms with Crippen LogP contribution in [0, 0.1) is 0 Å². The standard InChI is InChI=1S/C16H25NO2/c1-4-5-6-11-17(13(2)3)12-16(19)14-7-9-15(18)10-8-14/h7-10,13,18H,4-6,11-12H2,1-3H3. The summed E-state index contributed by atoms with van der Waals surface area (Å²) < 4.78 is 0. The van der Waals surface area contributed by atoms with E-state index in [1.807, 2.05) is 0 Å². The molecule has 0 bridgehead atoms. The minimum Gasteiger partial charge on any atom is -0.508 e. The van der Waals surface area contributed by atoms with Gasteiger partial charge in [-0.05, 0) is 51.1 Å². The maximum absolute atomic E-state index is 12.2. The van der Waals surface area contributed by atoms with Gasteiger partial charge in [-0.15, -0.1) is 0 Å². The molecule has 1 N–H and O–H groups in total. The van der Waals surface area contributed by atoms with Crippen LogP contribution >= 0.6 is 0 Å². The molecule has 0 aliphatic heterocycles. The lowest BCUT2D eigenvalue weighted by molar-refractivity contribution is 0.0904. The average molecular weight is 263 g/mol. The normalized spacial score (nSPS) is 11.2. The summed E-state index contributed by atoms with van der Waals surface area (Å²) in [7, 11) is 0. The molecule has 1 rings (SSSR count). The number of hydrogen-bond acceptors (Lipinski definition) is 3. The fraction of sp³-hybridized carbons (Fsp3) is 0.562. The van der Waals surface area contributed by atoms with Crippen molar-refractivity contribution in [3.8, 4) is 5.75 Å². The number of carbonyl (C=O) groups is 1. The summed E-state index contributed by atoms with van der Waals surface area (Å²) in [5, 5.41) is 9.23. The van der Waals surface area contributed by atoms with Gasteiger partial charge in [0.25, 0.3) is 0 Å². The lowest BCUT2D eigenvalue weighted by Crippen LogP contribution is -2.36. The van der Waals surface area contributed by atoms with Crippen molar-refractivity contribution >= 4 is 5.78 Å². The Bertz CT molecular complexity index is 384. The van der Waals surface area contributed by atoms with E-state index in [0.29, 0.717) is 18.2 Å². The van der Waals surface area contributed by atoms with E-state index in [1.165, 1.54) is 12.8 Å². The molecular formula is C16H25NO2. The van der Waals surface area contributed by atoms with Crippen molar-refractivity contribution in [2.45, 2.75) is 46.1 Å². The molecular weight excluding hydrogens is 238 g/mol. The van der Waals surface area contributed by atoms with Gasteiger partial charge in [-0.2, -0.15) is 0 Å². The highest BCUT2D eigenvalue weighted by molar-refractivity contribution is 5.97. The molecule has 1 aromatic rings. The number of aromatic hydroxyl groups is 1. The zero-order chi connectivity index (χ0) is 14.3. The third kappa shape index (κ3) is 5.43. The Morgan fingerprint density at radius 3 is 2.37 bits per heavy atom. The van der Waals surface area contributed by atoms with Crippen molar-refractivity contribution in [2.24, 2.45) is 0 Å². The van der Waals surface area contributed by atoms with Gasteiger partial charge in [0, 0.05) is 11.6 Å². The van der Waals surface area contributed by atoms with Gasteiger partial charge in [0.05, 0.1) is 6.54 Å². The van der Waals surface area contributed by atoms with E-state index < -0.39 is 0 Å². The van der Waals surface area contributed by atoms with Crippen LogP contribution in [0.5, 0.6) is 5.75 Å². The molecule has 1 aromatic carbocycles. The largest absolute Gasteiger partial charge is 0.508 e. The minimum atomic E-state index is 0.116. The van der Waals surface area contributed by atoms with Gasteiger partial charge in [0.15, 0.2) is 5.78 Å². The number of nitrogens with zero attached hydrogens (tertiary/aromatic N) is 1. The van der Waals surface area contributed by atoms with E-state index in [9.17, 15) is 9.90 Å². The van der Waals surface area contributed by atoms with Crippen LogP contribution < -0.4 is 0 Å². The molecule has 0 spiro atoms. The van der Waals surface area contributed by atoms with Gasteiger partial charge in [0.2, 0.25) is 0 Å². The first-order valence-corrected chi connectivity index (χ1v) is 7.11. The first-order chi connectivity index (χ1) is 9.04. The number of Topliss-reactive ketones (excluding diaryl/α,β-unsaturated/α-hetero) is 1. The Balaban J connectivity index is 2.58. The van der Waals surface area contributed by atoms with Gasteiger partial charge in [-0.3, -0.25) is 9.69 Å². The van der Waals surface area contributed by atoms with Gasteiger partial charge in [0.1, 0.15) is 5.75 Å². The molecule has 0 aliphatic rings. The zero-order valence-corrected chi connectivity index (χ0v) is 12.2. The number of rotatable bonds is 8. The van der Waals surface area contributed by atoms with Crippen LogP contribution in [0.1, 0.15) is 50.4 Å². The fourth-order valence-corrected chi connectivity index (χ4v) is 2.01. The summed E-state index contributed by atoms with van der Waals surface area (Å²) in [5.41, 5.74) is 0.666. The molecule has 0 saturated carbocycles. The van der Waals surface area contributed by atoms with E-state index in [4.69, 9.17) is 0 Å². The minimum absolute atomic E-state index is 0.116. The SMILES string of the molecule is CCCCCN(CC(=O)c1ccc(O)cc1)C(C)C. The highest BCUT2D eigenvalue weighted by atomic mass is 16.3. The molecule has 19 heavy (non-hydrogen) atoms. The van der Waals surface area contributed by atoms with E-state index in [0.717, 1.165) is 13.0 Å². The Morgan fingerprint density at radius 1 is 1.21 bits per heavy atom. The number of benzene rings is 1. The van der Waals surface area contributed by atoms with Crippen molar-refractivity contribution in [1.82, 2.24) is 4.90 Å². The van der Waals surface area contributed by atoms with Crippen LogP contribution in [0.15, 0.2) is 24.3 Å². The van der Waals surface area contributed by atoms with Crippen LogP contribution in [0.4, 0.5) is 0 Å². The fourth-order valence-electron chi connectivity index (χ4n) is 2.01. The second-order valence-corrected chi connectivity index (χ2v) is 5.24. The maximum atomic E-state index is 12.2. The number of hydrogen-bond donors (Lipinski definition) is 1. The topological polar surface area (TPSA) is 40.5 Å². The first kappa shape index (κ1) is 15.7. The van der Waals surface area contributed by atoms with Crippen LogP contribution in [0.3, 0.4) is 0 Å². The molecule has 0 fully saturated rings. The highest BCUT2D eigenvalue weighted by Crippen LogP contribution is 2.12. The Hall–Kier alpha value is -1.35. The third-order valence-electron chi connectivity index (χ3n) is 3.32. The molecule has 0 atom stereocenters. The number of ketones is 1. The van der Waals surface area contributed by atoms with Crippen LogP contribution in [0.2, 0.25) is 0 Å². The van der Waals surface area contributed by atoms with Crippen LogP contribution in [0.25, 0.3) is 0 Å². The van der Waals surface area contributed by atoms with E-state index in [-0.39, 0.29) is 11.5 Å². The Morgan fingerprint density at radius 2 is 1.84 bits per heavy atom. The molecule has 0 saturated heterocycles. The summed E-state index contributed by atoms with van der Waals surface area (Å²) in [6, 6.07) is 6.86. The molecule has 3 heteroatoms. The lowest BCUT2D eigenvalue weighted by Gasteiger charge is -2.25. The lowest BCUT2D eigenvalue weighted by atomic mass is 10.1. The van der Waals surface area contributed by atoms with Gasteiger partial charge < -0.3 is 5.11 Å². The molecule has 106 valence electrons. The van der Waals surface area contributed by atoms with Crippen molar-refractivity contribution in [3.05, 3.63) is 29.8 Å². The second-order valence-electron chi connectivity index (χ2n) is 5.24. The molecule has 0 aromatic heterocycles. The zero-order valence-electron chi connectivity index (χ0n) is 12.2. The van der Waals surface area contributed by atoms with Crippen molar-refractivity contribution < 1.29 is 9.90 Å². The molecule has 3 nitrogen and oxygen atoms in total. The predicted octanol–water partition coefficient (Wildman–Crippen LogP) is 3.48. The van der Waals surface area contributed by atoms with Crippen molar-refractivity contribution in [3.63, 3.8) is 0 Å². The van der Waals surface area contributed by atoms with Crippen LogP contribution in [-0.4, -0.2) is 34.9 Å². The maximum Gasteiger partial charge on any atom is 0.176 e. The highest BCUT2D eigenvalue weighted by Gasteiger charge is 2.14. The van der Waals surface area contributed by atoms with E-state index >= 15 is 0 Å². The smallest absolute Gasteiger partial charge is 0.176 e.